The first-order valence-electron chi connectivity index (χ1n) is 6.47. The SMILES string of the molecule is CC(C)(C)OC(=O)N[C@@H]1COc2cc(Br)ccc2NC1=O. The molecule has 2 N–H and O–H groups in total. The number of halogens is 1. The van der Waals surface area contributed by atoms with Gasteiger partial charge in [0.25, 0.3) is 5.91 Å². The number of rotatable bonds is 1. The van der Waals surface area contributed by atoms with Crippen molar-refractivity contribution in [2.45, 2.75) is 32.4 Å². The maximum absolute atomic E-state index is 12.1. The van der Waals surface area contributed by atoms with E-state index in [1.165, 1.54) is 0 Å². The average Bonchev–Trinajstić information content (AvgIpc) is 2.48. The van der Waals surface area contributed by atoms with Gasteiger partial charge in [-0.15, -0.1) is 0 Å². The molecule has 0 saturated heterocycles. The minimum atomic E-state index is -0.814. The van der Waals surface area contributed by atoms with Gasteiger partial charge in [0.05, 0.1) is 5.69 Å². The Bertz CT molecular complexity index is 569. The Kier molecular flexibility index (Phi) is 4.41. The lowest BCUT2D eigenvalue weighted by Crippen LogP contribution is -2.48. The number of hydrogen-bond acceptors (Lipinski definition) is 4. The van der Waals surface area contributed by atoms with Gasteiger partial charge in [-0.05, 0) is 39.0 Å². The number of hydrogen-bond donors (Lipinski definition) is 2. The number of carbonyl (C=O) groups excluding carboxylic acids is 2. The van der Waals surface area contributed by atoms with Crippen molar-refractivity contribution in [2.24, 2.45) is 0 Å². The zero-order chi connectivity index (χ0) is 15.6. The van der Waals surface area contributed by atoms with Crippen LogP contribution in [0.4, 0.5) is 10.5 Å². The number of amides is 2. The quantitative estimate of drug-likeness (QED) is 0.810. The van der Waals surface area contributed by atoms with Gasteiger partial charge in [0, 0.05) is 4.47 Å². The Balaban J connectivity index is 2.05. The van der Waals surface area contributed by atoms with Crippen LogP contribution in [-0.2, 0) is 9.53 Å². The summed E-state index contributed by atoms with van der Waals surface area (Å²) in [5, 5.41) is 5.22. The third kappa shape index (κ3) is 4.35. The lowest BCUT2D eigenvalue weighted by atomic mass is 10.2. The Morgan fingerprint density at radius 3 is 2.86 bits per heavy atom. The van der Waals surface area contributed by atoms with Crippen molar-refractivity contribution >= 4 is 33.6 Å². The lowest BCUT2D eigenvalue weighted by Gasteiger charge is -2.22. The molecule has 0 saturated carbocycles. The van der Waals surface area contributed by atoms with Crippen molar-refractivity contribution < 1.29 is 19.1 Å². The third-order valence-electron chi connectivity index (χ3n) is 2.61. The summed E-state index contributed by atoms with van der Waals surface area (Å²) >= 11 is 3.34. The highest BCUT2D eigenvalue weighted by atomic mass is 79.9. The fraction of sp³-hybridized carbons (Fsp3) is 0.429. The van der Waals surface area contributed by atoms with Gasteiger partial charge in [0.15, 0.2) is 0 Å². The van der Waals surface area contributed by atoms with Crippen molar-refractivity contribution in [3.05, 3.63) is 22.7 Å². The molecule has 0 bridgehead atoms. The molecule has 0 unspecified atom stereocenters. The Morgan fingerprint density at radius 2 is 2.19 bits per heavy atom. The van der Waals surface area contributed by atoms with Crippen molar-refractivity contribution in [3.63, 3.8) is 0 Å². The smallest absolute Gasteiger partial charge is 0.408 e. The summed E-state index contributed by atoms with van der Waals surface area (Å²) < 4.78 is 11.5. The van der Waals surface area contributed by atoms with Crippen LogP contribution < -0.4 is 15.4 Å². The van der Waals surface area contributed by atoms with E-state index in [-0.39, 0.29) is 12.5 Å². The molecule has 7 heteroatoms. The van der Waals surface area contributed by atoms with Crippen LogP contribution in [0.15, 0.2) is 22.7 Å². The lowest BCUT2D eigenvalue weighted by molar-refractivity contribution is -0.118. The van der Waals surface area contributed by atoms with Crippen molar-refractivity contribution in [1.29, 1.82) is 0 Å². The second kappa shape index (κ2) is 5.93. The molecular formula is C14H17BrN2O4. The summed E-state index contributed by atoms with van der Waals surface area (Å²) in [6.45, 7) is 5.30. The number of anilines is 1. The van der Waals surface area contributed by atoms with E-state index in [1.54, 1.807) is 39.0 Å². The highest BCUT2D eigenvalue weighted by Gasteiger charge is 2.28. The topological polar surface area (TPSA) is 76.7 Å². The Hall–Kier alpha value is -1.76. The van der Waals surface area contributed by atoms with E-state index < -0.39 is 17.7 Å². The summed E-state index contributed by atoms with van der Waals surface area (Å²) in [6.07, 6.45) is -0.654. The Labute approximate surface area is 131 Å². The van der Waals surface area contributed by atoms with Gasteiger partial charge in [-0.25, -0.2) is 4.79 Å². The van der Waals surface area contributed by atoms with Crippen LogP contribution >= 0.6 is 15.9 Å². The molecule has 1 aliphatic heterocycles. The van der Waals surface area contributed by atoms with E-state index in [0.29, 0.717) is 11.4 Å². The molecule has 21 heavy (non-hydrogen) atoms. The molecule has 1 aliphatic rings. The number of benzene rings is 1. The van der Waals surface area contributed by atoms with E-state index in [0.717, 1.165) is 4.47 Å². The van der Waals surface area contributed by atoms with Gasteiger partial charge in [-0.3, -0.25) is 4.79 Å². The van der Waals surface area contributed by atoms with Crippen LogP contribution in [-0.4, -0.2) is 30.3 Å². The number of ether oxygens (including phenoxy) is 2. The van der Waals surface area contributed by atoms with Gasteiger partial charge in [0.2, 0.25) is 0 Å². The number of alkyl carbamates (subject to hydrolysis) is 1. The standard InChI is InChI=1S/C14H17BrN2O4/c1-14(2,3)21-13(19)17-10-7-20-11-6-8(15)4-5-9(11)16-12(10)18/h4-6,10H,7H2,1-3H3,(H,16,18)(H,17,19)/t10-/m1/s1. The van der Waals surface area contributed by atoms with Crippen LogP contribution in [0.5, 0.6) is 5.75 Å². The first-order chi connectivity index (χ1) is 9.74. The zero-order valence-electron chi connectivity index (χ0n) is 12.0. The summed E-state index contributed by atoms with van der Waals surface area (Å²) in [7, 11) is 0. The predicted octanol–water partition coefficient (Wildman–Crippen LogP) is 2.67. The summed E-state index contributed by atoms with van der Waals surface area (Å²) in [5.74, 6) is 0.202. The van der Waals surface area contributed by atoms with E-state index >= 15 is 0 Å². The van der Waals surface area contributed by atoms with Gasteiger partial charge >= 0.3 is 6.09 Å². The van der Waals surface area contributed by atoms with Crippen molar-refractivity contribution in [3.8, 4) is 5.75 Å². The molecule has 0 aromatic heterocycles. The highest BCUT2D eigenvalue weighted by Crippen LogP contribution is 2.30. The molecule has 1 aromatic carbocycles. The van der Waals surface area contributed by atoms with Gasteiger partial charge < -0.3 is 20.1 Å². The Morgan fingerprint density at radius 1 is 1.48 bits per heavy atom. The molecular weight excluding hydrogens is 340 g/mol. The summed E-state index contributed by atoms with van der Waals surface area (Å²) in [6, 6.07) is 4.47. The highest BCUT2D eigenvalue weighted by molar-refractivity contribution is 9.10. The van der Waals surface area contributed by atoms with Gasteiger partial charge in [-0.1, -0.05) is 15.9 Å². The molecule has 1 aromatic rings. The fourth-order valence-electron chi connectivity index (χ4n) is 1.74. The average molecular weight is 357 g/mol. The molecule has 0 fully saturated rings. The molecule has 6 nitrogen and oxygen atoms in total. The third-order valence-corrected chi connectivity index (χ3v) is 3.11. The second-order valence-corrected chi connectivity index (χ2v) is 6.56. The maximum atomic E-state index is 12.1. The molecule has 1 atom stereocenters. The summed E-state index contributed by atoms with van der Waals surface area (Å²) in [4.78, 5) is 23.8. The van der Waals surface area contributed by atoms with Crippen LogP contribution in [0.3, 0.4) is 0 Å². The van der Waals surface area contributed by atoms with Crippen LogP contribution in [0.25, 0.3) is 0 Å². The van der Waals surface area contributed by atoms with E-state index in [2.05, 4.69) is 26.6 Å². The van der Waals surface area contributed by atoms with Gasteiger partial charge in [0.1, 0.15) is 24.0 Å². The maximum Gasteiger partial charge on any atom is 0.408 e. The van der Waals surface area contributed by atoms with E-state index in [1.807, 2.05) is 0 Å². The zero-order valence-corrected chi connectivity index (χ0v) is 13.6. The molecule has 2 rings (SSSR count). The van der Waals surface area contributed by atoms with Gasteiger partial charge in [-0.2, -0.15) is 0 Å². The minimum absolute atomic E-state index is 0.0362. The van der Waals surface area contributed by atoms with Crippen LogP contribution in [0.2, 0.25) is 0 Å². The molecule has 1 heterocycles. The fourth-order valence-corrected chi connectivity index (χ4v) is 2.08. The molecule has 2 amide bonds. The molecule has 0 radical (unpaired) electrons. The predicted molar refractivity (Wildman–Crippen MR) is 81.4 cm³/mol. The normalized spacial score (nSPS) is 17.9. The van der Waals surface area contributed by atoms with Crippen molar-refractivity contribution in [1.82, 2.24) is 5.32 Å². The molecule has 0 aliphatic carbocycles. The van der Waals surface area contributed by atoms with E-state index in [9.17, 15) is 9.59 Å². The van der Waals surface area contributed by atoms with Crippen molar-refractivity contribution in [2.75, 3.05) is 11.9 Å². The number of carbonyl (C=O) groups is 2. The number of fused-ring (bicyclic) bond motifs is 1. The molecule has 114 valence electrons. The monoisotopic (exact) mass is 356 g/mol. The summed E-state index contributed by atoms with van der Waals surface area (Å²) in [5.41, 5.74) is -0.0586. The van der Waals surface area contributed by atoms with E-state index in [4.69, 9.17) is 9.47 Å². The second-order valence-electron chi connectivity index (χ2n) is 5.64. The molecule has 0 spiro atoms. The minimum Gasteiger partial charge on any atom is -0.489 e. The largest absolute Gasteiger partial charge is 0.489 e. The first-order valence-corrected chi connectivity index (χ1v) is 7.26. The first kappa shape index (κ1) is 15.6. The van der Waals surface area contributed by atoms with Crippen LogP contribution in [0, 0.1) is 0 Å². The van der Waals surface area contributed by atoms with Crippen LogP contribution in [0.1, 0.15) is 20.8 Å². The number of nitrogens with one attached hydrogen (secondary N) is 2.